The number of hydrogen-bond acceptors (Lipinski definition) is 4. The van der Waals surface area contributed by atoms with E-state index in [9.17, 15) is 4.39 Å². The summed E-state index contributed by atoms with van der Waals surface area (Å²) in [4.78, 5) is 4.41. The van der Waals surface area contributed by atoms with Gasteiger partial charge in [-0.25, -0.2) is 14.1 Å². The first-order valence-electron chi connectivity index (χ1n) is 6.77. The third-order valence-electron chi connectivity index (χ3n) is 3.12. The summed E-state index contributed by atoms with van der Waals surface area (Å²) in [6.07, 6.45) is 1.49. The maximum absolute atomic E-state index is 13.6. The van der Waals surface area contributed by atoms with Crippen molar-refractivity contribution in [1.82, 2.24) is 14.8 Å². The Labute approximate surface area is 122 Å². The van der Waals surface area contributed by atoms with Gasteiger partial charge in [0.25, 0.3) is 0 Å². The third-order valence-corrected chi connectivity index (χ3v) is 3.12. The molecule has 21 heavy (non-hydrogen) atoms. The molecule has 0 aliphatic heterocycles. The molecule has 0 amide bonds. The molecule has 3 N–H and O–H groups in total. The molecule has 0 spiro atoms. The predicted octanol–water partition coefficient (Wildman–Crippen LogP) is 1.68. The highest BCUT2D eigenvalue weighted by Gasteiger charge is 2.10. The first kappa shape index (κ1) is 15.0. The van der Waals surface area contributed by atoms with Crippen LogP contribution in [-0.2, 0) is 19.4 Å². The van der Waals surface area contributed by atoms with E-state index in [0.29, 0.717) is 17.7 Å². The molecule has 7 heteroatoms. The lowest BCUT2D eigenvalue weighted by Crippen LogP contribution is -2.14. The fourth-order valence-electron chi connectivity index (χ4n) is 2.08. The van der Waals surface area contributed by atoms with Gasteiger partial charge in [-0.15, -0.1) is 0 Å². The fraction of sp³-hybridized carbons (Fsp3) is 0.357. The number of hydrogen-bond donors (Lipinski definition) is 2. The van der Waals surface area contributed by atoms with Crippen LogP contribution in [0, 0.1) is 5.82 Å². The van der Waals surface area contributed by atoms with E-state index < -0.39 is 5.82 Å². The zero-order chi connectivity index (χ0) is 15.4. The average molecular weight is 291 g/mol. The van der Waals surface area contributed by atoms with Crippen LogP contribution in [0.3, 0.4) is 0 Å². The summed E-state index contributed by atoms with van der Waals surface area (Å²) in [6, 6.07) is 4.30. The van der Waals surface area contributed by atoms with E-state index in [2.05, 4.69) is 15.2 Å². The molecule has 112 valence electrons. The summed E-state index contributed by atoms with van der Waals surface area (Å²) in [7, 11) is 0. The first-order chi connectivity index (χ1) is 10.1. The van der Waals surface area contributed by atoms with Crippen LogP contribution in [0.25, 0.3) is 0 Å². The number of aryl methyl sites for hydroxylation is 2. The van der Waals surface area contributed by atoms with Crippen molar-refractivity contribution in [3.05, 3.63) is 46.8 Å². The summed E-state index contributed by atoms with van der Waals surface area (Å²) in [6.45, 7) is 4.37. The minimum absolute atomic E-state index is 0.126. The lowest BCUT2D eigenvalue weighted by atomic mass is 10.1. The molecule has 0 unspecified atom stereocenters. The number of halogens is 1. The molecule has 2 aromatic rings. The van der Waals surface area contributed by atoms with Crippen LogP contribution in [0.1, 0.15) is 36.6 Å². The number of nitrogens with two attached hydrogens (primary N) is 1. The van der Waals surface area contributed by atoms with Crippen LogP contribution in [0.4, 0.5) is 4.39 Å². The minimum atomic E-state index is -0.442. The highest BCUT2D eigenvalue weighted by Crippen LogP contribution is 2.12. The van der Waals surface area contributed by atoms with E-state index in [4.69, 9.17) is 10.9 Å². The molecular weight excluding hydrogens is 273 g/mol. The van der Waals surface area contributed by atoms with E-state index >= 15 is 0 Å². The molecule has 0 fully saturated rings. The van der Waals surface area contributed by atoms with Crippen LogP contribution >= 0.6 is 0 Å². The maximum atomic E-state index is 13.6. The van der Waals surface area contributed by atoms with Gasteiger partial charge < -0.3 is 10.9 Å². The standard InChI is InChI=1S/C14H18FN5O/c1-3-12-17-13(4-2)20(18-12)8-9-5-10(14(16)19-21)7-11(15)6-9/h5-7,21H,3-4,8H2,1-2H3,(H2,16,19). The van der Waals surface area contributed by atoms with Crippen molar-refractivity contribution >= 4 is 5.84 Å². The van der Waals surface area contributed by atoms with Crippen molar-refractivity contribution in [2.24, 2.45) is 10.9 Å². The number of nitrogens with zero attached hydrogens (tertiary/aromatic N) is 4. The lowest BCUT2D eigenvalue weighted by molar-refractivity contribution is 0.318. The minimum Gasteiger partial charge on any atom is -0.409 e. The second kappa shape index (κ2) is 6.34. The number of amidine groups is 1. The topological polar surface area (TPSA) is 89.3 Å². The molecule has 1 aromatic heterocycles. The Hall–Kier alpha value is -2.44. The normalized spacial score (nSPS) is 11.9. The van der Waals surface area contributed by atoms with Gasteiger partial charge in [0.2, 0.25) is 0 Å². The smallest absolute Gasteiger partial charge is 0.170 e. The SMILES string of the molecule is CCc1nc(CC)n(Cc2cc(F)cc(/C(N)=N/O)c2)n1. The highest BCUT2D eigenvalue weighted by molar-refractivity contribution is 5.97. The Morgan fingerprint density at radius 2 is 2.10 bits per heavy atom. The number of oxime groups is 1. The van der Waals surface area contributed by atoms with Gasteiger partial charge in [-0.05, 0) is 23.8 Å². The van der Waals surface area contributed by atoms with E-state index in [0.717, 1.165) is 24.5 Å². The van der Waals surface area contributed by atoms with Gasteiger partial charge in [0.05, 0.1) is 6.54 Å². The maximum Gasteiger partial charge on any atom is 0.170 e. The van der Waals surface area contributed by atoms with Crippen molar-refractivity contribution in [1.29, 1.82) is 0 Å². The van der Waals surface area contributed by atoms with E-state index in [-0.39, 0.29) is 5.84 Å². The second-order valence-corrected chi connectivity index (χ2v) is 4.64. The molecule has 0 saturated carbocycles. The third kappa shape index (κ3) is 3.36. The molecule has 0 aliphatic rings. The van der Waals surface area contributed by atoms with Crippen molar-refractivity contribution in [2.45, 2.75) is 33.2 Å². The van der Waals surface area contributed by atoms with Crippen LogP contribution < -0.4 is 5.73 Å². The molecule has 0 aliphatic carbocycles. The number of aromatic nitrogens is 3. The molecule has 2 rings (SSSR count). The van der Waals surface area contributed by atoms with Crippen molar-refractivity contribution in [3.8, 4) is 0 Å². The molecule has 1 aromatic carbocycles. The van der Waals surface area contributed by atoms with Gasteiger partial charge in [0.1, 0.15) is 11.6 Å². The second-order valence-electron chi connectivity index (χ2n) is 4.64. The Bertz CT molecular complexity index is 665. The molecule has 6 nitrogen and oxygen atoms in total. The largest absolute Gasteiger partial charge is 0.409 e. The van der Waals surface area contributed by atoms with Gasteiger partial charge in [-0.3, -0.25) is 0 Å². The molecule has 0 saturated heterocycles. The summed E-state index contributed by atoms with van der Waals surface area (Å²) in [5.41, 5.74) is 6.52. The molecule has 0 atom stereocenters. The Kier molecular flexibility index (Phi) is 4.52. The number of rotatable bonds is 5. The van der Waals surface area contributed by atoms with E-state index in [1.807, 2.05) is 13.8 Å². The van der Waals surface area contributed by atoms with Gasteiger partial charge in [-0.1, -0.05) is 19.0 Å². The van der Waals surface area contributed by atoms with Gasteiger partial charge in [0, 0.05) is 18.4 Å². The van der Waals surface area contributed by atoms with Crippen LogP contribution in [0.5, 0.6) is 0 Å². The van der Waals surface area contributed by atoms with Crippen molar-refractivity contribution < 1.29 is 9.60 Å². The van der Waals surface area contributed by atoms with Crippen LogP contribution in [-0.4, -0.2) is 25.8 Å². The van der Waals surface area contributed by atoms with E-state index in [1.165, 1.54) is 12.1 Å². The van der Waals surface area contributed by atoms with Crippen molar-refractivity contribution in [3.63, 3.8) is 0 Å². The Balaban J connectivity index is 2.35. The zero-order valence-electron chi connectivity index (χ0n) is 12.0. The fourth-order valence-corrected chi connectivity index (χ4v) is 2.08. The first-order valence-corrected chi connectivity index (χ1v) is 6.77. The zero-order valence-corrected chi connectivity index (χ0v) is 12.0. The summed E-state index contributed by atoms with van der Waals surface area (Å²) >= 11 is 0. The highest BCUT2D eigenvalue weighted by atomic mass is 19.1. The summed E-state index contributed by atoms with van der Waals surface area (Å²) in [5.74, 6) is 1.05. The van der Waals surface area contributed by atoms with Gasteiger partial charge in [0.15, 0.2) is 11.7 Å². The van der Waals surface area contributed by atoms with Gasteiger partial charge in [-0.2, -0.15) is 5.10 Å². The monoisotopic (exact) mass is 291 g/mol. The van der Waals surface area contributed by atoms with Crippen molar-refractivity contribution in [2.75, 3.05) is 0 Å². The van der Waals surface area contributed by atoms with Crippen LogP contribution in [0.2, 0.25) is 0 Å². The molecule has 0 radical (unpaired) electrons. The summed E-state index contributed by atoms with van der Waals surface area (Å²) < 4.78 is 15.4. The predicted molar refractivity (Wildman–Crippen MR) is 76.8 cm³/mol. The van der Waals surface area contributed by atoms with E-state index in [1.54, 1.807) is 10.7 Å². The van der Waals surface area contributed by atoms with Gasteiger partial charge >= 0.3 is 0 Å². The molecular formula is C14H18FN5O. The number of benzene rings is 1. The quantitative estimate of drug-likeness (QED) is 0.379. The lowest BCUT2D eigenvalue weighted by Gasteiger charge is -2.07. The Morgan fingerprint density at radius 1 is 1.33 bits per heavy atom. The van der Waals surface area contributed by atoms with Crippen LogP contribution in [0.15, 0.2) is 23.4 Å². The molecule has 0 bridgehead atoms. The average Bonchev–Trinajstić information content (AvgIpc) is 2.87. The summed E-state index contributed by atoms with van der Waals surface area (Å²) in [5, 5.41) is 16.0. The molecule has 1 heterocycles. The Morgan fingerprint density at radius 3 is 2.71 bits per heavy atom.